The van der Waals surface area contributed by atoms with Crippen LogP contribution in [0, 0.1) is 0 Å². The van der Waals surface area contributed by atoms with Gasteiger partial charge in [-0.2, -0.15) is 0 Å². The van der Waals surface area contributed by atoms with Gasteiger partial charge in [0.15, 0.2) is 11.5 Å². The first-order chi connectivity index (χ1) is 11.9. The maximum absolute atomic E-state index is 12.9. The molecule has 1 amide bonds. The highest BCUT2D eigenvalue weighted by Gasteiger charge is 2.34. The van der Waals surface area contributed by atoms with Crippen LogP contribution in [0.15, 0.2) is 12.1 Å². The number of carboxylic acids is 1. The summed E-state index contributed by atoms with van der Waals surface area (Å²) >= 11 is 0. The topological polar surface area (TPSA) is 85.3 Å². The predicted molar refractivity (Wildman–Crippen MR) is 91.5 cm³/mol. The maximum atomic E-state index is 12.9. The third-order valence-electron chi connectivity index (χ3n) is 4.63. The van der Waals surface area contributed by atoms with Crippen LogP contribution in [-0.2, 0) is 9.59 Å². The van der Waals surface area contributed by atoms with E-state index in [4.69, 9.17) is 14.2 Å². The molecule has 0 spiro atoms. The fraction of sp³-hybridized carbons (Fsp3) is 0.556. The van der Waals surface area contributed by atoms with Crippen LogP contribution >= 0.6 is 0 Å². The number of amides is 1. The molecule has 1 unspecified atom stereocenters. The van der Waals surface area contributed by atoms with E-state index < -0.39 is 17.9 Å². The molecule has 1 aliphatic heterocycles. The molecule has 138 valence electrons. The van der Waals surface area contributed by atoms with Gasteiger partial charge in [-0.15, -0.1) is 0 Å². The Labute approximate surface area is 147 Å². The van der Waals surface area contributed by atoms with Gasteiger partial charge in [0.05, 0.1) is 27.2 Å². The number of piperidine rings is 1. The summed E-state index contributed by atoms with van der Waals surface area (Å²) in [7, 11) is 4.54. The molecule has 0 bridgehead atoms. The molecule has 0 aromatic heterocycles. The zero-order valence-electron chi connectivity index (χ0n) is 15.1. The van der Waals surface area contributed by atoms with E-state index in [0.717, 1.165) is 12.8 Å². The quantitative estimate of drug-likeness (QED) is 0.846. The van der Waals surface area contributed by atoms with E-state index in [-0.39, 0.29) is 5.91 Å². The second kappa shape index (κ2) is 8.09. The smallest absolute Gasteiger partial charge is 0.326 e. The van der Waals surface area contributed by atoms with E-state index in [2.05, 4.69) is 0 Å². The molecular formula is C18H25NO6. The first kappa shape index (κ1) is 18.9. The van der Waals surface area contributed by atoms with Gasteiger partial charge in [-0.1, -0.05) is 0 Å². The van der Waals surface area contributed by atoms with Crippen LogP contribution in [0.4, 0.5) is 0 Å². The summed E-state index contributed by atoms with van der Waals surface area (Å²) < 4.78 is 16.0. The minimum Gasteiger partial charge on any atom is -0.493 e. The fourth-order valence-electron chi connectivity index (χ4n) is 3.19. The molecule has 1 aromatic rings. The van der Waals surface area contributed by atoms with Crippen molar-refractivity contribution in [3.05, 3.63) is 17.7 Å². The highest BCUT2D eigenvalue weighted by atomic mass is 16.5. The Hall–Kier alpha value is -2.44. The van der Waals surface area contributed by atoms with Crippen LogP contribution in [0.2, 0.25) is 0 Å². The lowest BCUT2D eigenvalue weighted by atomic mass is 9.95. The Bertz CT molecular complexity index is 619. The number of likely N-dealkylation sites (tertiary alicyclic amines) is 1. The summed E-state index contributed by atoms with van der Waals surface area (Å²) in [5, 5.41) is 9.39. The summed E-state index contributed by atoms with van der Waals surface area (Å²) in [5.41, 5.74) is 0.689. The van der Waals surface area contributed by atoms with Crippen LogP contribution < -0.4 is 14.2 Å². The standard InChI is InChI=1S/C18H25NO6/c1-11(17(20)19-8-6-5-7-13(19)18(21)22)12-9-14(23-2)16(25-4)15(10-12)24-3/h9-11,13H,5-8H2,1-4H3,(H,21,22)/t11?,13-/m0/s1. The number of hydrogen-bond acceptors (Lipinski definition) is 5. The van der Waals surface area contributed by atoms with Gasteiger partial charge in [0.2, 0.25) is 11.7 Å². The molecule has 1 heterocycles. The molecule has 1 aliphatic rings. The highest BCUT2D eigenvalue weighted by molar-refractivity contribution is 5.88. The largest absolute Gasteiger partial charge is 0.493 e. The third-order valence-corrected chi connectivity index (χ3v) is 4.63. The van der Waals surface area contributed by atoms with Crippen molar-refractivity contribution in [1.29, 1.82) is 0 Å². The molecule has 25 heavy (non-hydrogen) atoms. The van der Waals surface area contributed by atoms with Gasteiger partial charge < -0.3 is 24.2 Å². The number of nitrogens with zero attached hydrogens (tertiary/aromatic N) is 1. The molecule has 2 atom stereocenters. The average molecular weight is 351 g/mol. The Kier molecular flexibility index (Phi) is 6.12. The second-order valence-electron chi connectivity index (χ2n) is 6.06. The number of carbonyl (C=O) groups excluding carboxylic acids is 1. The van der Waals surface area contributed by atoms with E-state index in [1.165, 1.54) is 26.2 Å². The van der Waals surface area contributed by atoms with Gasteiger partial charge in [-0.3, -0.25) is 4.79 Å². The summed E-state index contributed by atoms with van der Waals surface area (Å²) in [4.78, 5) is 25.9. The molecule has 1 N–H and O–H groups in total. The lowest BCUT2D eigenvalue weighted by Gasteiger charge is -2.35. The Morgan fingerprint density at radius 3 is 2.20 bits per heavy atom. The van der Waals surface area contributed by atoms with Gasteiger partial charge in [0.1, 0.15) is 6.04 Å². The average Bonchev–Trinajstić information content (AvgIpc) is 2.65. The summed E-state index contributed by atoms with van der Waals surface area (Å²) in [6.07, 6.45) is 2.12. The van der Waals surface area contributed by atoms with Gasteiger partial charge in [-0.05, 0) is 43.9 Å². The van der Waals surface area contributed by atoms with Crippen molar-refractivity contribution in [2.45, 2.75) is 38.1 Å². The number of methoxy groups -OCH3 is 3. The molecule has 0 aliphatic carbocycles. The SMILES string of the molecule is COc1cc(C(C)C(=O)N2CCCC[C@H]2C(=O)O)cc(OC)c1OC. The first-order valence-corrected chi connectivity index (χ1v) is 8.27. The zero-order chi connectivity index (χ0) is 18.6. The van der Waals surface area contributed by atoms with Crippen molar-refractivity contribution < 1.29 is 28.9 Å². The fourth-order valence-corrected chi connectivity index (χ4v) is 3.19. The molecule has 1 aromatic carbocycles. The van der Waals surface area contributed by atoms with E-state index in [9.17, 15) is 14.7 Å². The number of hydrogen-bond donors (Lipinski definition) is 1. The molecular weight excluding hydrogens is 326 g/mol. The summed E-state index contributed by atoms with van der Waals surface area (Å²) in [6.45, 7) is 2.22. The lowest BCUT2D eigenvalue weighted by molar-refractivity contribution is -0.152. The van der Waals surface area contributed by atoms with Gasteiger partial charge >= 0.3 is 5.97 Å². The summed E-state index contributed by atoms with van der Waals surface area (Å²) in [5.74, 6) is -0.301. The number of aliphatic carboxylic acids is 1. The first-order valence-electron chi connectivity index (χ1n) is 8.27. The third kappa shape index (κ3) is 3.81. The van der Waals surface area contributed by atoms with Crippen molar-refractivity contribution in [1.82, 2.24) is 4.90 Å². The number of ether oxygens (including phenoxy) is 3. The Morgan fingerprint density at radius 1 is 1.12 bits per heavy atom. The van der Waals surface area contributed by atoms with Crippen molar-refractivity contribution in [2.24, 2.45) is 0 Å². The second-order valence-corrected chi connectivity index (χ2v) is 6.06. The van der Waals surface area contributed by atoms with E-state index in [0.29, 0.717) is 35.8 Å². The highest BCUT2D eigenvalue weighted by Crippen LogP contribution is 2.40. The summed E-state index contributed by atoms with van der Waals surface area (Å²) in [6, 6.07) is 2.69. The molecule has 7 heteroatoms. The minimum atomic E-state index is -0.954. The van der Waals surface area contributed by atoms with Crippen LogP contribution in [0.3, 0.4) is 0 Å². The molecule has 2 rings (SSSR count). The lowest BCUT2D eigenvalue weighted by Crippen LogP contribution is -2.49. The normalized spacial score (nSPS) is 18.4. The molecule has 0 radical (unpaired) electrons. The molecule has 1 saturated heterocycles. The van der Waals surface area contributed by atoms with E-state index >= 15 is 0 Å². The van der Waals surface area contributed by atoms with Crippen molar-refractivity contribution >= 4 is 11.9 Å². The zero-order valence-corrected chi connectivity index (χ0v) is 15.1. The van der Waals surface area contributed by atoms with Crippen LogP contribution in [-0.4, -0.2) is 55.8 Å². The number of rotatable bonds is 6. The number of carbonyl (C=O) groups is 2. The predicted octanol–water partition coefficient (Wildman–Crippen LogP) is 2.28. The van der Waals surface area contributed by atoms with Crippen LogP contribution in [0.5, 0.6) is 17.2 Å². The van der Waals surface area contributed by atoms with Gasteiger partial charge in [0.25, 0.3) is 0 Å². The maximum Gasteiger partial charge on any atom is 0.326 e. The number of carboxylic acid groups (broad SMARTS) is 1. The van der Waals surface area contributed by atoms with Crippen molar-refractivity contribution in [3.63, 3.8) is 0 Å². The molecule has 7 nitrogen and oxygen atoms in total. The van der Waals surface area contributed by atoms with Gasteiger partial charge in [-0.25, -0.2) is 4.79 Å². The van der Waals surface area contributed by atoms with E-state index in [1.54, 1.807) is 19.1 Å². The van der Waals surface area contributed by atoms with Crippen molar-refractivity contribution in [3.8, 4) is 17.2 Å². The Morgan fingerprint density at radius 2 is 1.72 bits per heavy atom. The van der Waals surface area contributed by atoms with Crippen LogP contribution in [0.1, 0.15) is 37.7 Å². The minimum absolute atomic E-state index is 0.207. The van der Waals surface area contributed by atoms with Crippen LogP contribution in [0.25, 0.3) is 0 Å². The molecule has 0 saturated carbocycles. The van der Waals surface area contributed by atoms with Gasteiger partial charge in [0, 0.05) is 6.54 Å². The Balaban J connectivity index is 2.34. The monoisotopic (exact) mass is 351 g/mol. The van der Waals surface area contributed by atoms with Crippen molar-refractivity contribution in [2.75, 3.05) is 27.9 Å². The van der Waals surface area contributed by atoms with E-state index in [1.807, 2.05) is 0 Å². The molecule has 1 fully saturated rings. The number of benzene rings is 1.